The van der Waals surface area contributed by atoms with E-state index >= 15 is 0 Å². The number of fused-ring (bicyclic) bond motifs is 4. The van der Waals surface area contributed by atoms with Gasteiger partial charge in [-0.1, -0.05) is 176 Å². The number of aliphatic imine (C=N–C) groups is 1. The molecule has 2 aliphatic rings. The number of aromatic nitrogens is 2. The van der Waals surface area contributed by atoms with Gasteiger partial charge in [0.25, 0.3) is 0 Å². The summed E-state index contributed by atoms with van der Waals surface area (Å²) < 4.78 is 0. The first kappa shape index (κ1) is 31.7. The average Bonchev–Trinajstić information content (AvgIpc) is 3.60. The quantitative estimate of drug-likeness (QED) is 0.180. The van der Waals surface area contributed by atoms with Gasteiger partial charge in [-0.3, -0.25) is 0 Å². The lowest BCUT2D eigenvalue weighted by Crippen LogP contribution is -2.09. The lowest BCUT2D eigenvalue weighted by molar-refractivity contribution is 1.12. The van der Waals surface area contributed by atoms with Gasteiger partial charge < -0.3 is 0 Å². The van der Waals surface area contributed by atoms with E-state index in [1.165, 1.54) is 38.2 Å². The summed E-state index contributed by atoms with van der Waals surface area (Å²) in [7, 11) is 0. The van der Waals surface area contributed by atoms with Crippen molar-refractivity contribution >= 4 is 55.3 Å². The molecular weight excluding hydrogens is 655 g/mol. The summed E-state index contributed by atoms with van der Waals surface area (Å²) in [5, 5.41) is 7.09. The molecule has 3 heteroatoms. The van der Waals surface area contributed by atoms with Gasteiger partial charge in [0.05, 0.1) is 22.8 Å². The van der Waals surface area contributed by atoms with E-state index in [9.17, 15) is 0 Å². The van der Waals surface area contributed by atoms with Gasteiger partial charge >= 0.3 is 0 Å². The topological polar surface area (TPSA) is 38.1 Å². The minimum atomic E-state index is 0.569. The van der Waals surface area contributed by atoms with Gasteiger partial charge in [0, 0.05) is 23.1 Å². The van der Waals surface area contributed by atoms with Gasteiger partial charge in [-0.15, -0.1) is 0 Å². The zero-order valence-corrected chi connectivity index (χ0v) is 29.7. The van der Waals surface area contributed by atoms with Crippen LogP contribution in [0.4, 0.5) is 0 Å². The number of nitrogens with zero attached hydrogens (tertiary/aromatic N) is 3. The van der Waals surface area contributed by atoms with Crippen LogP contribution in [0.3, 0.4) is 0 Å². The average molecular weight is 690 g/mol. The van der Waals surface area contributed by atoms with Gasteiger partial charge in [-0.05, 0) is 73.1 Å². The standard InChI is InChI=1S/C51H35N3/c1-6-22-39-35(16-1)19-11-27-43(39)38-30-31-47(52-48(32-38)44-26-10-5-15-34-14-2-7-23-40(34)44)51-53-49(45-28-12-20-36-17-3-8-24-41(36)45)33-50(54-51)46-29-13-21-37-18-4-9-25-42(37)46/h1-9,11-30,32-33H,10,31H2. The first-order valence-corrected chi connectivity index (χ1v) is 18.6. The summed E-state index contributed by atoms with van der Waals surface area (Å²) in [6, 6.07) is 55.8. The van der Waals surface area contributed by atoms with E-state index in [-0.39, 0.29) is 0 Å². The molecule has 8 aromatic rings. The molecule has 0 bridgehead atoms. The normalized spacial score (nSPS) is 14.1. The summed E-state index contributed by atoms with van der Waals surface area (Å²) in [6.45, 7) is 0. The fourth-order valence-electron chi connectivity index (χ4n) is 7.95. The fourth-order valence-corrected chi connectivity index (χ4v) is 7.95. The molecule has 0 fully saturated rings. The molecular formula is C51H35N3. The molecule has 54 heavy (non-hydrogen) atoms. The Hall–Kier alpha value is -6.97. The Morgan fingerprint density at radius 1 is 0.463 bits per heavy atom. The minimum absolute atomic E-state index is 0.569. The van der Waals surface area contributed by atoms with E-state index < -0.39 is 0 Å². The van der Waals surface area contributed by atoms with Crippen molar-refractivity contribution in [3.8, 4) is 22.5 Å². The van der Waals surface area contributed by atoms with Crippen LogP contribution in [0, 0.1) is 0 Å². The highest BCUT2D eigenvalue weighted by molar-refractivity contribution is 6.07. The third kappa shape index (κ3) is 5.77. The highest BCUT2D eigenvalue weighted by atomic mass is 14.9. The van der Waals surface area contributed by atoms with Crippen LogP contribution in [0.1, 0.15) is 35.4 Å². The lowest BCUT2D eigenvalue weighted by atomic mass is 9.93. The third-order valence-electron chi connectivity index (χ3n) is 10.6. The zero-order valence-electron chi connectivity index (χ0n) is 29.7. The molecule has 2 heterocycles. The Bertz CT molecular complexity index is 2830. The molecule has 3 nitrogen and oxygen atoms in total. The summed E-state index contributed by atoms with van der Waals surface area (Å²) in [5.41, 5.74) is 11.4. The SMILES string of the molecule is C1=Cc2ccccc2C(C2=CC(c3cccc4ccccc34)=CCC(c3nc(-c4cccc5ccccc45)cc(-c4cccc5ccccc45)n3)=N2)=CC1. The van der Waals surface area contributed by atoms with E-state index in [1.807, 2.05) is 0 Å². The van der Waals surface area contributed by atoms with Gasteiger partial charge in [0.15, 0.2) is 5.82 Å². The fraction of sp³-hybridized carbons (Fsp3) is 0.0392. The van der Waals surface area contributed by atoms with E-state index in [0.29, 0.717) is 12.2 Å². The molecule has 10 rings (SSSR count). The zero-order chi connectivity index (χ0) is 35.8. The van der Waals surface area contributed by atoms with Crippen LogP contribution in [-0.4, -0.2) is 15.7 Å². The van der Waals surface area contributed by atoms with Gasteiger partial charge in [0.2, 0.25) is 0 Å². The van der Waals surface area contributed by atoms with Gasteiger partial charge in [0.1, 0.15) is 0 Å². The number of hydrogen-bond acceptors (Lipinski definition) is 3. The maximum Gasteiger partial charge on any atom is 0.175 e. The molecule has 0 saturated carbocycles. The second kappa shape index (κ2) is 13.5. The Kier molecular flexibility index (Phi) is 7.96. The van der Waals surface area contributed by atoms with Crippen molar-refractivity contribution in [3.05, 3.63) is 210 Å². The van der Waals surface area contributed by atoms with E-state index in [1.54, 1.807) is 0 Å². The summed E-state index contributed by atoms with van der Waals surface area (Å²) >= 11 is 0. The Morgan fingerprint density at radius 3 is 1.63 bits per heavy atom. The number of rotatable bonds is 5. The molecule has 0 unspecified atom stereocenters. The van der Waals surface area contributed by atoms with Crippen molar-refractivity contribution in [2.75, 3.05) is 0 Å². The number of hydrogen-bond donors (Lipinski definition) is 0. The molecule has 254 valence electrons. The van der Waals surface area contributed by atoms with Crippen LogP contribution in [0.25, 0.3) is 72.1 Å². The lowest BCUT2D eigenvalue weighted by Gasteiger charge is -2.14. The van der Waals surface area contributed by atoms with Gasteiger partial charge in [-0.25, -0.2) is 15.0 Å². The molecule has 7 aromatic carbocycles. The van der Waals surface area contributed by atoms with E-state index in [2.05, 4.69) is 188 Å². The van der Waals surface area contributed by atoms with Crippen LogP contribution in [-0.2, 0) is 0 Å². The summed E-state index contributed by atoms with van der Waals surface area (Å²) in [5.74, 6) is 0.630. The maximum absolute atomic E-state index is 5.56. The minimum Gasteiger partial charge on any atom is -0.249 e. The maximum atomic E-state index is 5.56. The summed E-state index contributed by atoms with van der Waals surface area (Å²) in [4.78, 5) is 16.3. The Morgan fingerprint density at radius 2 is 0.981 bits per heavy atom. The molecule has 0 radical (unpaired) electrons. The molecule has 0 saturated heterocycles. The van der Waals surface area contributed by atoms with Crippen molar-refractivity contribution in [1.29, 1.82) is 0 Å². The Balaban J connectivity index is 1.21. The number of allylic oxidation sites excluding steroid dienone is 6. The van der Waals surface area contributed by atoms with E-state index in [0.717, 1.165) is 62.3 Å². The number of benzene rings is 7. The van der Waals surface area contributed by atoms with Gasteiger partial charge in [-0.2, -0.15) is 0 Å². The largest absolute Gasteiger partial charge is 0.249 e. The van der Waals surface area contributed by atoms with Crippen molar-refractivity contribution in [2.24, 2.45) is 4.99 Å². The van der Waals surface area contributed by atoms with Crippen LogP contribution in [0.5, 0.6) is 0 Å². The molecule has 1 aliphatic carbocycles. The van der Waals surface area contributed by atoms with Crippen molar-refractivity contribution < 1.29 is 0 Å². The van der Waals surface area contributed by atoms with Crippen LogP contribution < -0.4 is 0 Å². The van der Waals surface area contributed by atoms with Crippen LogP contribution in [0.2, 0.25) is 0 Å². The predicted molar refractivity (Wildman–Crippen MR) is 227 cm³/mol. The third-order valence-corrected chi connectivity index (χ3v) is 10.6. The monoisotopic (exact) mass is 689 g/mol. The smallest absolute Gasteiger partial charge is 0.175 e. The van der Waals surface area contributed by atoms with Crippen LogP contribution in [0.15, 0.2) is 193 Å². The first-order chi connectivity index (χ1) is 26.8. The highest BCUT2D eigenvalue weighted by Gasteiger charge is 2.21. The predicted octanol–water partition coefficient (Wildman–Crippen LogP) is 12.9. The van der Waals surface area contributed by atoms with E-state index in [4.69, 9.17) is 15.0 Å². The molecule has 1 aliphatic heterocycles. The first-order valence-electron chi connectivity index (χ1n) is 18.6. The molecule has 0 atom stereocenters. The second-order valence-electron chi connectivity index (χ2n) is 13.8. The molecule has 0 N–H and O–H groups in total. The van der Waals surface area contributed by atoms with Crippen molar-refractivity contribution in [1.82, 2.24) is 9.97 Å². The second-order valence-corrected chi connectivity index (χ2v) is 13.8. The highest BCUT2D eigenvalue weighted by Crippen LogP contribution is 2.38. The van der Waals surface area contributed by atoms with Crippen molar-refractivity contribution in [2.45, 2.75) is 12.8 Å². The molecule has 1 aromatic heterocycles. The Labute approximate surface area is 314 Å². The van der Waals surface area contributed by atoms with Crippen molar-refractivity contribution in [3.63, 3.8) is 0 Å². The molecule has 0 amide bonds. The van der Waals surface area contributed by atoms with Crippen LogP contribution >= 0.6 is 0 Å². The summed E-state index contributed by atoms with van der Waals surface area (Å²) in [6.07, 6.45) is 12.7. The molecule has 0 spiro atoms.